The lowest BCUT2D eigenvalue weighted by molar-refractivity contribution is -0.366. The topological polar surface area (TPSA) is 515 Å². The van der Waals surface area contributed by atoms with E-state index in [0.29, 0.717) is 77.3 Å². The van der Waals surface area contributed by atoms with Crippen LogP contribution in [0.2, 0.25) is 0 Å². The van der Waals surface area contributed by atoms with E-state index in [0.717, 1.165) is 0 Å². The molecule has 20 atom stereocenters. The first kappa shape index (κ1) is 76.4. The first-order chi connectivity index (χ1) is 42.0. The van der Waals surface area contributed by atoms with E-state index in [1.54, 1.807) is 0 Å². The van der Waals surface area contributed by atoms with Gasteiger partial charge in [0.15, 0.2) is 25.2 Å². The highest BCUT2D eigenvalue weighted by Crippen LogP contribution is 2.31. The molecule has 510 valence electrons. The lowest BCUT2D eigenvalue weighted by atomic mass is 9.96. The molecule has 4 aliphatic heterocycles. The maximum Gasteiger partial charge on any atom is 0.234 e. The van der Waals surface area contributed by atoms with Crippen LogP contribution in [0.1, 0.15) is 90.9 Å². The van der Waals surface area contributed by atoms with Gasteiger partial charge in [0.1, 0.15) is 91.6 Å². The van der Waals surface area contributed by atoms with E-state index in [-0.39, 0.29) is 89.6 Å². The second-order valence-corrected chi connectivity index (χ2v) is 22.1. The van der Waals surface area contributed by atoms with E-state index >= 15 is 0 Å². The second-order valence-electron chi connectivity index (χ2n) is 22.1. The summed E-state index contributed by atoms with van der Waals surface area (Å²) in [5.41, 5.74) is 0. The van der Waals surface area contributed by atoms with Crippen LogP contribution < -0.4 is 31.9 Å². The Labute approximate surface area is 509 Å². The Morgan fingerprint density at radius 2 is 0.761 bits per heavy atom. The fourth-order valence-electron chi connectivity index (χ4n) is 9.80. The van der Waals surface area contributed by atoms with Crippen LogP contribution in [0.5, 0.6) is 0 Å². The molecule has 0 saturated carbocycles. The summed E-state index contributed by atoms with van der Waals surface area (Å²) >= 11 is 0. The summed E-state index contributed by atoms with van der Waals surface area (Å²) in [6, 6.07) is 0. The molecule has 0 bridgehead atoms. The van der Waals surface area contributed by atoms with Gasteiger partial charge in [-0.05, 0) is 52.4 Å². The van der Waals surface area contributed by atoms with Crippen molar-refractivity contribution in [2.75, 3.05) is 91.9 Å². The Morgan fingerprint density at radius 1 is 0.386 bits per heavy atom. The smallest absolute Gasteiger partial charge is 0.234 e. The van der Waals surface area contributed by atoms with Gasteiger partial charge in [0.25, 0.3) is 0 Å². The van der Waals surface area contributed by atoms with E-state index in [2.05, 4.69) is 31.9 Å². The number of ether oxygens (including phenoxy) is 8. The van der Waals surface area contributed by atoms with Crippen LogP contribution in [0.4, 0.5) is 0 Å². The minimum atomic E-state index is -1.94. The Kier molecular flexibility index (Phi) is 35.4. The van der Waals surface area contributed by atoms with Crippen LogP contribution >= 0.6 is 0 Å². The van der Waals surface area contributed by atoms with Gasteiger partial charge in [0.2, 0.25) is 35.4 Å². The number of amides is 6. The summed E-state index contributed by atoms with van der Waals surface area (Å²) in [5.74, 6) is -1.98. The van der Waals surface area contributed by atoms with Gasteiger partial charge in [-0.25, -0.2) is 0 Å². The van der Waals surface area contributed by atoms with Crippen molar-refractivity contribution in [1.82, 2.24) is 36.8 Å². The van der Waals surface area contributed by atoms with Gasteiger partial charge in [-0.15, -0.1) is 0 Å². The molecule has 4 heterocycles. The minimum Gasteiger partial charge on any atom is -0.394 e. The quantitative estimate of drug-likeness (QED) is 0.0253. The molecule has 4 fully saturated rings. The van der Waals surface area contributed by atoms with Crippen molar-refractivity contribution in [1.29, 1.82) is 0 Å². The number of nitrogens with one attached hydrogen (secondary N) is 6. The third kappa shape index (κ3) is 25.6. The maximum atomic E-state index is 13.1. The summed E-state index contributed by atoms with van der Waals surface area (Å²) in [6.45, 7) is 1.31. The van der Waals surface area contributed by atoms with Crippen molar-refractivity contribution in [3.8, 4) is 0 Å². The summed E-state index contributed by atoms with van der Waals surface area (Å²) in [7, 11) is 0. The molecule has 0 aromatic rings. The molecule has 0 aliphatic carbocycles. The first-order valence-corrected chi connectivity index (χ1v) is 30.2. The molecule has 0 aromatic heterocycles. The molecule has 34 nitrogen and oxygen atoms in total. The minimum absolute atomic E-state index is 0.0122. The van der Waals surface area contributed by atoms with Crippen LogP contribution in [0.3, 0.4) is 0 Å². The second kappa shape index (κ2) is 40.7. The molecule has 34 heteroatoms. The van der Waals surface area contributed by atoms with E-state index in [4.69, 9.17) is 37.9 Å². The van der Waals surface area contributed by atoms with E-state index in [9.17, 15) is 95.2 Å². The molecule has 0 spiro atoms. The molecule has 19 N–H and O–H groups in total. The van der Waals surface area contributed by atoms with E-state index in [1.165, 1.54) is 11.8 Å². The highest BCUT2D eigenvalue weighted by Gasteiger charge is 2.52. The van der Waals surface area contributed by atoms with Gasteiger partial charge >= 0.3 is 0 Å². The Morgan fingerprint density at radius 3 is 1.20 bits per heavy atom. The SMILES string of the molecule is CCNC(=O)CCCCCNC(=O)CN(CC(=O)NCCCCCC(=O)NCCO[C@@H]1O[C@@H](C)[C@@H](O)[C@@H](O)[C@@H]1O)CC(=O)NCCCCCC(=O)NCCO[C@H]1O[C@H](CO[C@H]2O[C@H](CO)[C@@H](O)[C@H](O)[C@@H]2O)[C@@H](O)[C@H](O[C@H]2O[C@H](CO)[C@@H](O)[C@H](O)[C@@H]2O)[C@@H]1O. The van der Waals surface area contributed by atoms with Gasteiger partial charge in [0.05, 0.1) is 58.8 Å². The third-order valence-electron chi connectivity index (χ3n) is 15.0. The number of aliphatic hydroxyl groups excluding tert-OH is 13. The Hall–Kier alpha value is -4.06. The molecule has 88 heavy (non-hydrogen) atoms. The highest BCUT2D eigenvalue weighted by atomic mass is 16.8. The van der Waals surface area contributed by atoms with Gasteiger partial charge in [-0.3, -0.25) is 33.7 Å². The molecule has 4 aliphatic rings. The third-order valence-corrected chi connectivity index (χ3v) is 15.0. The predicted molar refractivity (Wildman–Crippen MR) is 299 cm³/mol. The zero-order chi connectivity index (χ0) is 64.9. The number of rotatable bonds is 40. The van der Waals surface area contributed by atoms with Crippen LogP contribution in [-0.2, 0) is 66.7 Å². The highest BCUT2D eigenvalue weighted by molar-refractivity contribution is 5.84. The van der Waals surface area contributed by atoms with Gasteiger partial charge in [-0.2, -0.15) is 0 Å². The van der Waals surface area contributed by atoms with E-state index < -0.39 is 160 Å². The normalized spacial score (nSPS) is 32.5. The standard InChI is InChI=1S/C54H97N7O27/c1-3-55-33(64)13-7-4-10-16-56-36(67)23-61(24-37(68)57-17-11-5-8-14-34(65)59-19-21-81-51-46(77)43(74)39(70)29(2)84-51)25-38(69)58-18-12-6-9-15-35(66)60-20-22-82-53-49(80)50(88-54-48(79)45(76)41(72)31(27-63)86-54)42(73)32(87-53)28-83-52-47(78)44(75)40(71)30(26-62)85-52/h29-32,39-54,62-63,70-80H,3-28H2,1-2H3,(H,55,64)(H,56,67)(H,57,68)(H,58,69)(H,59,65)(H,60,66)/t29-,30+,31+,32+,39+,40+,41+,42+,43+,44-,45-,46-,47-,48-,49-,50-,51+,52-,53-,54+/m0/s1. The zero-order valence-corrected chi connectivity index (χ0v) is 49.9. The lowest BCUT2D eigenvalue weighted by Crippen LogP contribution is -2.65. The van der Waals surface area contributed by atoms with Crippen molar-refractivity contribution < 1.29 is 133 Å². The molecular weight excluding hydrogens is 1180 g/mol. The molecule has 0 unspecified atom stereocenters. The predicted octanol–water partition coefficient (Wildman–Crippen LogP) is -9.00. The van der Waals surface area contributed by atoms with Crippen molar-refractivity contribution in [2.24, 2.45) is 0 Å². The molecule has 4 saturated heterocycles. The largest absolute Gasteiger partial charge is 0.394 e. The van der Waals surface area contributed by atoms with Crippen LogP contribution in [0.25, 0.3) is 0 Å². The average molecular weight is 1280 g/mol. The maximum absolute atomic E-state index is 13.1. The summed E-state index contributed by atoms with van der Waals surface area (Å²) in [5, 5.41) is 150. The van der Waals surface area contributed by atoms with Gasteiger partial charge < -0.3 is 136 Å². The fourth-order valence-corrected chi connectivity index (χ4v) is 9.80. The number of aliphatic hydroxyl groups is 13. The number of carbonyl (C=O) groups excluding carboxylic acids is 6. The van der Waals surface area contributed by atoms with Crippen molar-refractivity contribution >= 4 is 35.4 Å². The number of nitrogens with zero attached hydrogens (tertiary/aromatic N) is 1. The monoisotopic (exact) mass is 1280 g/mol. The molecule has 0 radical (unpaired) electrons. The average Bonchev–Trinajstić information content (AvgIpc) is 2.68. The molecular formula is C54H97N7O27. The van der Waals surface area contributed by atoms with E-state index in [1.807, 2.05) is 6.92 Å². The molecule has 6 amide bonds. The van der Waals surface area contributed by atoms with Crippen LogP contribution in [0.15, 0.2) is 0 Å². The summed E-state index contributed by atoms with van der Waals surface area (Å²) < 4.78 is 44.3. The fraction of sp³-hybridized carbons (Fsp3) is 0.889. The van der Waals surface area contributed by atoms with Crippen molar-refractivity contribution in [3.05, 3.63) is 0 Å². The number of carbonyl (C=O) groups is 6. The van der Waals surface area contributed by atoms with Gasteiger partial charge in [-0.1, -0.05) is 19.3 Å². The van der Waals surface area contributed by atoms with Crippen molar-refractivity contribution in [2.45, 2.75) is 214 Å². The summed E-state index contributed by atoms with van der Waals surface area (Å²) in [4.78, 5) is 77.3. The van der Waals surface area contributed by atoms with Crippen LogP contribution in [0, 0.1) is 0 Å². The Balaban J connectivity index is 1.17. The Bertz CT molecular complexity index is 2060. The zero-order valence-electron chi connectivity index (χ0n) is 49.9. The molecule has 4 rings (SSSR count). The van der Waals surface area contributed by atoms with Crippen LogP contribution in [-0.4, -0.2) is 321 Å². The lowest BCUT2D eigenvalue weighted by Gasteiger charge is -2.46. The number of unbranched alkanes of at least 4 members (excludes halogenated alkanes) is 6. The summed E-state index contributed by atoms with van der Waals surface area (Å²) in [6.07, 6.45) is -26.3. The first-order valence-electron chi connectivity index (χ1n) is 30.2. The van der Waals surface area contributed by atoms with Gasteiger partial charge in [0, 0.05) is 58.5 Å². The molecule has 0 aromatic carbocycles. The number of hydrogen-bond donors (Lipinski definition) is 19. The van der Waals surface area contributed by atoms with Crippen molar-refractivity contribution in [3.63, 3.8) is 0 Å². The number of hydrogen-bond acceptors (Lipinski definition) is 28.